The number of hydrogen-bond acceptors (Lipinski definition) is 2. The number of fused-ring (bicyclic) bond motifs is 2. The van der Waals surface area contributed by atoms with Gasteiger partial charge in [-0.2, -0.15) is 0 Å². The summed E-state index contributed by atoms with van der Waals surface area (Å²) in [5, 5.41) is 3.11. The molecule has 2 bridgehead atoms. The third-order valence-corrected chi connectivity index (χ3v) is 5.22. The second-order valence-corrected chi connectivity index (χ2v) is 6.75. The molecule has 4 atom stereocenters. The largest absolute Gasteiger partial charge is 0.493 e. The van der Waals surface area contributed by atoms with Crippen molar-refractivity contribution >= 4 is 5.91 Å². The van der Waals surface area contributed by atoms with Crippen LogP contribution in [0.4, 0.5) is 4.39 Å². The topological polar surface area (TPSA) is 38.3 Å². The summed E-state index contributed by atoms with van der Waals surface area (Å²) in [6, 6.07) is 6.24. The van der Waals surface area contributed by atoms with Crippen LogP contribution in [0.1, 0.15) is 39.0 Å². The first-order chi connectivity index (χ1) is 10.6. The van der Waals surface area contributed by atoms with Crippen molar-refractivity contribution in [1.82, 2.24) is 5.32 Å². The molecule has 2 aliphatic carbocycles. The summed E-state index contributed by atoms with van der Waals surface area (Å²) in [6.45, 7) is 2.40. The highest BCUT2D eigenvalue weighted by molar-refractivity contribution is 5.76. The van der Waals surface area contributed by atoms with E-state index in [0.717, 1.165) is 11.8 Å². The molecule has 0 aromatic heterocycles. The van der Waals surface area contributed by atoms with Crippen molar-refractivity contribution in [2.24, 2.45) is 17.8 Å². The van der Waals surface area contributed by atoms with Crippen molar-refractivity contribution in [3.8, 4) is 5.75 Å². The number of carbonyl (C=O) groups is 1. The Kier molecular flexibility index (Phi) is 4.65. The van der Waals surface area contributed by atoms with Crippen LogP contribution in [0.2, 0.25) is 0 Å². The average molecular weight is 305 g/mol. The Morgan fingerprint density at radius 2 is 2.27 bits per heavy atom. The van der Waals surface area contributed by atoms with Crippen LogP contribution in [-0.2, 0) is 4.79 Å². The van der Waals surface area contributed by atoms with E-state index in [9.17, 15) is 9.18 Å². The van der Waals surface area contributed by atoms with Crippen LogP contribution < -0.4 is 10.1 Å². The minimum atomic E-state index is -0.327. The molecule has 3 nitrogen and oxygen atoms in total. The number of hydrogen-bond donors (Lipinski definition) is 1. The van der Waals surface area contributed by atoms with E-state index in [0.29, 0.717) is 18.1 Å². The van der Waals surface area contributed by atoms with E-state index >= 15 is 0 Å². The normalized spacial score (nSPS) is 27.6. The number of amides is 1. The summed E-state index contributed by atoms with van der Waals surface area (Å²) >= 11 is 0. The Morgan fingerprint density at radius 3 is 2.95 bits per heavy atom. The van der Waals surface area contributed by atoms with Gasteiger partial charge < -0.3 is 10.1 Å². The van der Waals surface area contributed by atoms with Gasteiger partial charge in [0.1, 0.15) is 11.6 Å². The van der Waals surface area contributed by atoms with E-state index in [1.54, 1.807) is 12.1 Å². The lowest BCUT2D eigenvalue weighted by Gasteiger charge is -2.28. The van der Waals surface area contributed by atoms with Gasteiger partial charge in [0.15, 0.2) is 0 Å². The van der Waals surface area contributed by atoms with Gasteiger partial charge in [0.2, 0.25) is 5.91 Å². The highest BCUT2D eigenvalue weighted by Crippen LogP contribution is 2.49. The van der Waals surface area contributed by atoms with Crippen molar-refractivity contribution in [2.75, 3.05) is 6.61 Å². The number of nitrogens with one attached hydrogen (secondary N) is 1. The lowest BCUT2D eigenvalue weighted by Crippen LogP contribution is -2.40. The molecule has 0 heterocycles. The lowest BCUT2D eigenvalue weighted by molar-refractivity contribution is -0.122. The smallest absolute Gasteiger partial charge is 0.223 e. The number of benzene rings is 1. The third kappa shape index (κ3) is 3.60. The fraction of sp³-hybridized carbons (Fsp3) is 0.611. The molecule has 0 unspecified atom stereocenters. The van der Waals surface area contributed by atoms with Gasteiger partial charge in [0, 0.05) is 12.1 Å². The molecular weight excluding hydrogens is 281 g/mol. The monoisotopic (exact) mass is 305 g/mol. The van der Waals surface area contributed by atoms with Gasteiger partial charge in [0.05, 0.1) is 13.0 Å². The SMILES string of the molecule is C[C@@H](NC(=O)CCOc1cccc(F)c1)[C@@H]1C[C@H]2CC[C@H]1C2. The van der Waals surface area contributed by atoms with Gasteiger partial charge in [0.25, 0.3) is 0 Å². The molecule has 2 aliphatic rings. The number of carbonyl (C=O) groups excluding carboxylic acids is 1. The molecule has 2 fully saturated rings. The predicted octanol–water partition coefficient (Wildman–Crippen LogP) is 3.54. The van der Waals surface area contributed by atoms with E-state index in [1.165, 1.54) is 37.8 Å². The molecular formula is C18H24FNO2. The first-order valence-electron chi connectivity index (χ1n) is 8.29. The van der Waals surface area contributed by atoms with Crippen LogP contribution >= 0.6 is 0 Å². The molecule has 1 aromatic rings. The fourth-order valence-corrected chi connectivity index (χ4v) is 4.16. The van der Waals surface area contributed by atoms with Gasteiger partial charge >= 0.3 is 0 Å². The van der Waals surface area contributed by atoms with Crippen LogP contribution in [0.25, 0.3) is 0 Å². The molecule has 1 N–H and O–H groups in total. The molecule has 120 valence electrons. The number of rotatable bonds is 6. The maximum absolute atomic E-state index is 13.0. The van der Waals surface area contributed by atoms with Crippen molar-refractivity contribution in [1.29, 1.82) is 0 Å². The van der Waals surface area contributed by atoms with Crippen LogP contribution in [-0.4, -0.2) is 18.6 Å². The zero-order valence-electron chi connectivity index (χ0n) is 13.1. The van der Waals surface area contributed by atoms with Gasteiger partial charge in [-0.1, -0.05) is 12.5 Å². The van der Waals surface area contributed by atoms with Gasteiger partial charge in [-0.15, -0.1) is 0 Å². The molecule has 1 aromatic carbocycles. The van der Waals surface area contributed by atoms with E-state index < -0.39 is 0 Å². The Balaban J connectivity index is 1.39. The Labute approximate surface area is 131 Å². The molecule has 0 radical (unpaired) electrons. The van der Waals surface area contributed by atoms with Crippen molar-refractivity contribution < 1.29 is 13.9 Å². The molecule has 22 heavy (non-hydrogen) atoms. The van der Waals surface area contributed by atoms with E-state index in [-0.39, 0.29) is 24.4 Å². The molecule has 0 saturated heterocycles. The zero-order valence-corrected chi connectivity index (χ0v) is 13.1. The molecule has 3 rings (SSSR count). The van der Waals surface area contributed by atoms with Gasteiger partial charge in [-0.25, -0.2) is 4.39 Å². The van der Waals surface area contributed by atoms with Crippen molar-refractivity contribution in [2.45, 2.75) is 45.1 Å². The quantitative estimate of drug-likeness (QED) is 0.873. The second kappa shape index (κ2) is 6.67. The summed E-state index contributed by atoms with van der Waals surface area (Å²) < 4.78 is 18.4. The minimum absolute atomic E-state index is 0.0201. The zero-order chi connectivity index (χ0) is 15.5. The van der Waals surface area contributed by atoms with Crippen LogP contribution in [0.15, 0.2) is 24.3 Å². The van der Waals surface area contributed by atoms with Crippen LogP contribution in [0.5, 0.6) is 5.75 Å². The molecule has 2 saturated carbocycles. The summed E-state index contributed by atoms with van der Waals surface area (Å²) in [4.78, 5) is 12.0. The third-order valence-electron chi connectivity index (χ3n) is 5.22. The summed E-state index contributed by atoms with van der Waals surface area (Å²) in [6.07, 6.45) is 5.64. The molecule has 0 aliphatic heterocycles. The summed E-state index contributed by atoms with van der Waals surface area (Å²) in [5.74, 6) is 2.51. The van der Waals surface area contributed by atoms with Crippen molar-refractivity contribution in [3.05, 3.63) is 30.1 Å². The summed E-state index contributed by atoms with van der Waals surface area (Å²) in [7, 11) is 0. The van der Waals surface area contributed by atoms with E-state index in [4.69, 9.17) is 4.74 Å². The number of ether oxygens (including phenoxy) is 1. The highest BCUT2D eigenvalue weighted by atomic mass is 19.1. The summed E-state index contributed by atoms with van der Waals surface area (Å²) in [5.41, 5.74) is 0. The number of halogens is 1. The standard InChI is InChI=1S/C18H24FNO2/c1-12(17-10-13-5-6-14(17)9-13)20-18(21)7-8-22-16-4-2-3-15(19)11-16/h2-4,11-14,17H,5-10H2,1H3,(H,20,21)/t12-,13+,14+,17+/m1/s1. The van der Waals surface area contributed by atoms with Crippen molar-refractivity contribution in [3.63, 3.8) is 0 Å². The highest BCUT2D eigenvalue weighted by Gasteiger charge is 2.42. The van der Waals surface area contributed by atoms with Gasteiger partial charge in [-0.3, -0.25) is 4.79 Å². The minimum Gasteiger partial charge on any atom is -0.493 e. The average Bonchev–Trinajstić information content (AvgIpc) is 3.10. The second-order valence-electron chi connectivity index (χ2n) is 6.75. The van der Waals surface area contributed by atoms with Crippen LogP contribution in [0, 0.1) is 23.6 Å². The maximum atomic E-state index is 13.0. The lowest BCUT2D eigenvalue weighted by atomic mass is 9.84. The molecule has 0 spiro atoms. The van der Waals surface area contributed by atoms with E-state index in [2.05, 4.69) is 12.2 Å². The maximum Gasteiger partial charge on any atom is 0.223 e. The van der Waals surface area contributed by atoms with Crippen LogP contribution in [0.3, 0.4) is 0 Å². The predicted molar refractivity (Wildman–Crippen MR) is 83.1 cm³/mol. The first-order valence-corrected chi connectivity index (χ1v) is 8.29. The Bertz CT molecular complexity index is 534. The van der Waals surface area contributed by atoms with E-state index in [1.807, 2.05) is 0 Å². The van der Waals surface area contributed by atoms with Gasteiger partial charge in [-0.05, 0) is 56.1 Å². The Morgan fingerprint density at radius 1 is 1.41 bits per heavy atom. The Hall–Kier alpha value is -1.58. The first kappa shape index (κ1) is 15.3. The fourth-order valence-electron chi connectivity index (χ4n) is 4.16. The molecule has 4 heteroatoms. The molecule has 1 amide bonds.